The molecule has 17 heavy (non-hydrogen) atoms. The van der Waals surface area contributed by atoms with Gasteiger partial charge in [0.15, 0.2) is 0 Å². The van der Waals surface area contributed by atoms with E-state index in [1.807, 2.05) is 0 Å². The number of halogens is 1. The van der Waals surface area contributed by atoms with Gasteiger partial charge >= 0.3 is 0 Å². The normalized spacial score (nSPS) is 18.1. The van der Waals surface area contributed by atoms with Crippen molar-refractivity contribution in [3.8, 4) is 0 Å². The number of rotatable bonds is 4. The minimum Gasteiger partial charge on any atom is -0.326 e. The lowest BCUT2D eigenvalue weighted by atomic mass is 10.2. The summed E-state index contributed by atoms with van der Waals surface area (Å²) in [6.07, 6.45) is 1.57. The average molecular weight is 258 g/mol. The van der Waals surface area contributed by atoms with Crippen LogP contribution >= 0.6 is 0 Å². The summed E-state index contributed by atoms with van der Waals surface area (Å²) in [5.74, 6) is -0.760. The molecule has 0 aliphatic heterocycles. The zero-order chi connectivity index (χ0) is 12.7. The van der Waals surface area contributed by atoms with Crippen molar-refractivity contribution >= 4 is 10.0 Å². The molecule has 4 nitrogen and oxygen atoms in total. The second-order valence-corrected chi connectivity index (χ2v) is 6.29. The molecular formula is C11H15FN2O2S. The molecule has 1 saturated carbocycles. The first-order chi connectivity index (χ1) is 7.86. The molecule has 0 radical (unpaired) electrons. The summed E-state index contributed by atoms with van der Waals surface area (Å²) < 4.78 is 40.0. The van der Waals surface area contributed by atoms with Gasteiger partial charge in [-0.25, -0.2) is 17.5 Å². The third-order valence-corrected chi connectivity index (χ3v) is 4.57. The second kappa shape index (κ2) is 4.04. The van der Waals surface area contributed by atoms with Crippen LogP contribution < -0.4 is 10.5 Å². The second-order valence-electron chi connectivity index (χ2n) is 4.64. The van der Waals surface area contributed by atoms with E-state index in [0.29, 0.717) is 5.56 Å². The van der Waals surface area contributed by atoms with Gasteiger partial charge < -0.3 is 5.73 Å². The van der Waals surface area contributed by atoms with Gasteiger partial charge in [0.05, 0.1) is 0 Å². The Morgan fingerprint density at radius 3 is 2.59 bits per heavy atom. The largest absolute Gasteiger partial charge is 0.326 e. The molecule has 0 atom stereocenters. The number of hydrogen-bond donors (Lipinski definition) is 2. The van der Waals surface area contributed by atoms with Gasteiger partial charge in [0, 0.05) is 12.1 Å². The first-order valence-electron chi connectivity index (χ1n) is 5.39. The van der Waals surface area contributed by atoms with Gasteiger partial charge in [-0.15, -0.1) is 0 Å². The van der Waals surface area contributed by atoms with Crippen LogP contribution in [0.2, 0.25) is 0 Å². The molecule has 0 saturated heterocycles. The van der Waals surface area contributed by atoms with Gasteiger partial charge in [-0.2, -0.15) is 0 Å². The van der Waals surface area contributed by atoms with Gasteiger partial charge in [-0.05, 0) is 37.5 Å². The highest BCUT2D eigenvalue weighted by Gasteiger charge is 2.41. The van der Waals surface area contributed by atoms with Gasteiger partial charge in [0.25, 0.3) is 0 Å². The van der Waals surface area contributed by atoms with E-state index in [2.05, 4.69) is 4.72 Å². The topological polar surface area (TPSA) is 72.2 Å². The summed E-state index contributed by atoms with van der Waals surface area (Å²) in [7, 11) is -3.78. The minimum atomic E-state index is -3.78. The minimum absolute atomic E-state index is 0.183. The van der Waals surface area contributed by atoms with E-state index in [4.69, 9.17) is 5.73 Å². The number of hydrogen-bond acceptors (Lipinski definition) is 3. The molecule has 0 bridgehead atoms. The zero-order valence-corrected chi connectivity index (χ0v) is 10.3. The van der Waals surface area contributed by atoms with E-state index in [9.17, 15) is 12.8 Å². The number of nitrogens with two attached hydrogens (primary N) is 1. The molecule has 2 rings (SSSR count). The van der Waals surface area contributed by atoms with Crippen molar-refractivity contribution in [1.29, 1.82) is 0 Å². The van der Waals surface area contributed by atoms with Crippen LogP contribution in [-0.4, -0.2) is 14.0 Å². The molecular weight excluding hydrogens is 243 g/mol. The predicted molar refractivity (Wildman–Crippen MR) is 62.3 cm³/mol. The Bertz CT molecular complexity index is 538. The van der Waals surface area contributed by atoms with Crippen LogP contribution in [0, 0.1) is 5.82 Å². The maximum atomic E-state index is 13.7. The molecule has 0 unspecified atom stereocenters. The Morgan fingerprint density at radius 2 is 2.12 bits per heavy atom. The Labute approximate surface area is 100 Å². The van der Waals surface area contributed by atoms with Crippen molar-refractivity contribution in [3.05, 3.63) is 29.6 Å². The molecule has 6 heteroatoms. The maximum absolute atomic E-state index is 13.7. The fourth-order valence-corrected chi connectivity index (χ4v) is 3.08. The van der Waals surface area contributed by atoms with Crippen LogP contribution in [0.1, 0.15) is 25.3 Å². The van der Waals surface area contributed by atoms with Gasteiger partial charge in [-0.1, -0.05) is 6.07 Å². The van der Waals surface area contributed by atoms with E-state index >= 15 is 0 Å². The molecule has 1 fully saturated rings. The highest BCUT2D eigenvalue weighted by atomic mass is 32.2. The maximum Gasteiger partial charge on any atom is 0.243 e. The van der Waals surface area contributed by atoms with Crippen LogP contribution in [0.3, 0.4) is 0 Å². The lowest BCUT2D eigenvalue weighted by molar-refractivity contribution is 0.540. The Hall–Kier alpha value is -0.980. The van der Waals surface area contributed by atoms with Gasteiger partial charge in [0.2, 0.25) is 10.0 Å². The van der Waals surface area contributed by atoms with Crippen LogP contribution in [0.15, 0.2) is 23.1 Å². The molecule has 0 heterocycles. The first kappa shape index (κ1) is 12.5. The molecule has 1 aliphatic rings. The Balaban J connectivity index is 2.33. The van der Waals surface area contributed by atoms with E-state index in [-0.39, 0.29) is 11.4 Å². The monoisotopic (exact) mass is 258 g/mol. The lowest BCUT2D eigenvalue weighted by Gasteiger charge is -2.13. The lowest BCUT2D eigenvalue weighted by Crippen LogP contribution is -2.34. The molecule has 0 spiro atoms. The van der Waals surface area contributed by atoms with E-state index in [1.54, 1.807) is 6.92 Å². The molecule has 1 aliphatic carbocycles. The first-order valence-corrected chi connectivity index (χ1v) is 6.87. The standard InChI is InChI=1S/C11H15FN2O2S/c1-11(4-5-11)14-17(15,16)10-3-2-8(7-13)6-9(10)12/h2-3,6,14H,4-5,7,13H2,1H3. The zero-order valence-electron chi connectivity index (χ0n) is 9.53. The smallest absolute Gasteiger partial charge is 0.243 e. The van der Waals surface area contributed by atoms with Crippen molar-refractivity contribution in [2.75, 3.05) is 0 Å². The molecule has 1 aromatic rings. The van der Waals surface area contributed by atoms with Crippen LogP contribution in [-0.2, 0) is 16.6 Å². The van der Waals surface area contributed by atoms with Crippen molar-refractivity contribution in [2.24, 2.45) is 5.73 Å². The third kappa shape index (κ3) is 2.65. The predicted octanol–water partition coefficient (Wildman–Crippen LogP) is 1.12. The SMILES string of the molecule is CC1(NS(=O)(=O)c2ccc(CN)cc2F)CC1. The molecule has 0 amide bonds. The molecule has 1 aromatic carbocycles. The van der Waals surface area contributed by atoms with E-state index in [0.717, 1.165) is 18.9 Å². The highest BCUT2D eigenvalue weighted by molar-refractivity contribution is 7.89. The Morgan fingerprint density at radius 1 is 1.47 bits per heavy atom. The fourth-order valence-electron chi connectivity index (χ4n) is 1.56. The summed E-state index contributed by atoms with van der Waals surface area (Å²) in [4.78, 5) is -0.317. The van der Waals surface area contributed by atoms with Crippen LogP contribution in [0.25, 0.3) is 0 Å². The number of benzene rings is 1. The number of sulfonamides is 1. The molecule has 3 N–H and O–H groups in total. The summed E-state index contributed by atoms with van der Waals surface area (Å²) in [5.41, 5.74) is 5.52. The van der Waals surface area contributed by atoms with Crippen LogP contribution in [0.4, 0.5) is 4.39 Å². The average Bonchev–Trinajstić information content (AvgIpc) is 2.94. The fraction of sp³-hybridized carbons (Fsp3) is 0.455. The summed E-state index contributed by atoms with van der Waals surface area (Å²) in [6.45, 7) is 1.99. The molecule has 94 valence electrons. The van der Waals surface area contributed by atoms with Crippen molar-refractivity contribution in [1.82, 2.24) is 4.72 Å². The van der Waals surface area contributed by atoms with E-state index in [1.165, 1.54) is 12.1 Å². The van der Waals surface area contributed by atoms with Gasteiger partial charge in [-0.3, -0.25) is 0 Å². The quantitative estimate of drug-likeness (QED) is 0.850. The third-order valence-electron chi connectivity index (χ3n) is 2.90. The van der Waals surface area contributed by atoms with Crippen molar-refractivity contribution in [3.63, 3.8) is 0 Å². The Kier molecular flexibility index (Phi) is 2.97. The molecule has 0 aromatic heterocycles. The highest BCUT2D eigenvalue weighted by Crippen LogP contribution is 2.36. The van der Waals surface area contributed by atoms with Crippen molar-refractivity contribution in [2.45, 2.75) is 36.7 Å². The summed E-state index contributed by atoms with van der Waals surface area (Å²) in [6, 6.07) is 3.93. The van der Waals surface area contributed by atoms with Gasteiger partial charge in [0.1, 0.15) is 10.7 Å². The van der Waals surface area contributed by atoms with Crippen molar-refractivity contribution < 1.29 is 12.8 Å². The van der Waals surface area contributed by atoms with E-state index < -0.39 is 21.4 Å². The number of nitrogens with one attached hydrogen (secondary N) is 1. The summed E-state index contributed by atoms with van der Waals surface area (Å²) >= 11 is 0. The summed E-state index contributed by atoms with van der Waals surface area (Å²) in [5, 5.41) is 0. The van der Waals surface area contributed by atoms with Crippen LogP contribution in [0.5, 0.6) is 0 Å².